The summed E-state index contributed by atoms with van der Waals surface area (Å²) in [4.78, 5) is 19.4. The van der Waals surface area contributed by atoms with Crippen LogP contribution in [0.1, 0.15) is 31.2 Å². The number of nitrogens with one attached hydrogen (secondary N) is 2. The van der Waals surface area contributed by atoms with Crippen LogP contribution < -0.4 is 15.4 Å². The van der Waals surface area contributed by atoms with Crippen molar-refractivity contribution >= 4 is 23.0 Å². The zero-order valence-corrected chi connectivity index (χ0v) is 14.3. The second-order valence-electron chi connectivity index (χ2n) is 6.13. The lowest BCUT2D eigenvalue weighted by Gasteiger charge is -2.15. The van der Waals surface area contributed by atoms with Gasteiger partial charge in [-0.15, -0.1) is 0 Å². The molecule has 1 aromatic carbocycles. The summed E-state index contributed by atoms with van der Waals surface area (Å²) in [6.45, 7) is 1.94. The van der Waals surface area contributed by atoms with Crippen LogP contribution in [0.15, 0.2) is 24.5 Å². The van der Waals surface area contributed by atoms with E-state index in [4.69, 9.17) is 4.74 Å². The van der Waals surface area contributed by atoms with Crippen molar-refractivity contribution in [2.75, 3.05) is 17.7 Å². The van der Waals surface area contributed by atoms with E-state index in [1.807, 2.05) is 25.1 Å². The van der Waals surface area contributed by atoms with E-state index < -0.39 is 4.92 Å². The highest BCUT2D eigenvalue weighted by atomic mass is 16.6. The van der Waals surface area contributed by atoms with Crippen LogP contribution >= 0.6 is 0 Å². The molecular formula is C17H21N5O3. The summed E-state index contributed by atoms with van der Waals surface area (Å²) in [5.74, 6) is 0.981. The number of methoxy groups -OCH3 is 1. The molecule has 1 fully saturated rings. The van der Waals surface area contributed by atoms with Gasteiger partial charge < -0.3 is 15.4 Å². The molecule has 1 aliphatic carbocycles. The number of aryl methyl sites for hydroxylation is 1. The van der Waals surface area contributed by atoms with Gasteiger partial charge in [0.2, 0.25) is 11.6 Å². The van der Waals surface area contributed by atoms with Crippen molar-refractivity contribution < 1.29 is 9.66 Å². The monoisotopic (exact) mass is 343 g/mol. The standard InChI is InChI=1S/C17H21N5O3/c1-11-7-8-14(25-2)13(9-11)21-17-15(22(23)24)16(18-10-19-17)20-12-5-3-4-6-12/h7-10,12H,3-6H2,1-2H3,(H2,18,19,20,21). The van der Waals surface area contributed by atoms with Crippen molar-refractivity contribution in [1.29, 1.82) is 0 Å². The Morgan fingerprint density at radius 2 is 1.96 bits per heavy atom. The molecular weight excluding hydrogens is 322 g/mol. The summed E-state index contributed by atoms with van der Waals surface area (Å²) in [5.41, 5.74) is 1.47. The van der Waals surface area contributed by atoms with Crippen LogP contribution in [0.5, 0.6) is 5.75 Å². The summed E-state index contributed by atoms with van der Waals surface area (Å²) in [6, 6.07) is 5.79. The number of nitro groups is 1. The molecule has 1 saturated carbocycles. The van der Waals surface area contributed by atoms with Gasteiger partial charge in [0.1, 0.15) is 12.1 Å². The summed E-state index contributed by atoms with van der Waals surface area (Å²) < 4.78 is 5.32. The fourth-order valence-electron chi connectivity index (χ4n) is 3.06. The molecule has 132 valence electrons. The minimum absolute atomic E-state index is 0.143. The van der Waals surface area contributed by atoms with Gasteiger partial charge in [-0.05, 0) is 37.5 Å². The molecule has 8 heteroatoms. The first-order valence-corrected chi connectivity index (χ1v) is 8.26. The third-order valence-electron chi connectivity index (χ3n) is 4.31. The van der Waals surface area contributed by atoms with Gasteiger partial charge in [0.25, 0.3) is 0 Å². The molecule has 1 aliphatic rings. The molecule has 0 unspecified atom stereocenters. The maximum absolute atomic E-state index is 11.6. The van der Waals surface area contributed by atoms with E-state index in [1.54, 1.807) is 7.11 Å². The van der Waals surface area contributed by atoms with Crippen molar-refractivity contribution in [2.45, 2.75) is 38.6 Å². The van der Waals surface area contributed by atoms with Gasteiger partial charge in [-0.2, -0.15) is 0 Å². The molecule has 0 radical (unpaired) electrons. The fourth-order valence-corrected chi connectivity index (χ4v) is 3.06. The molecule has 0 saturated heterocycles. The molecule has 0 amide bonds. The lowest BCUT2D eigenvalue weighted by Crippen LogP contribution is -2.17. The fraction of sp³-hybridized carbons (Fsp3) is 0.412. The van der Waals surface area contributed by atoms with E-state index in [0.29, 0.717) is 11.4 Å². The third-order valence-corrected chi connectivity index (χ3v) is 4.31. The lowest BCUT2D eigenvalue weighted by atomic mass is 10.2. The highest BCUT2D eigenvalue weighted by molar-refractivity contribution is 5.76. The first-order chi connectivity index (χ1) is 12.1. The lowest BCUT2D eigenvalue weighted by molar-refractivity contribution is -0.383. The van der Waals surface area contributed by atoms with E-state index in [0.717, 1.165) is 31.2 Å². The summed E-state index contributed by atoms with van der Waals surface area (Å²) >= 11 is 0. The Bertz CT molecular complexity index is 775. The van der Waals surface area contributed by atoms with Gasteiger partial charge in [0.05, 0.1) is 17.7 Å². The minimum atomic E-state index is -0.456. The van der Waals surface area contributed by atoms with E-state index in [1.165, 1.54) is 6.33 Å². The average Bonchev–Trinajstić information content (AvgIpc) is 3.08. The molecule has 0 atom stereocenters. The molecule has 0 spiro atoms. The third kappa shape index (κ3) is 3.78. The maximum atomic E-state index is 11.6. The Labute approximate surface area is 145 Å². The van der Waals surface area contributed by atoms with Crippen molar-refractivity contribution in [1.82, 2.24) is 9.97 Å². The van der Waals surface area contributed by atoms with Crippen molar-refractivity contribution in [2.24, 2.45) is 0 Å². The van der Waals surface area contributed by atoms with Crippen LogP contribution in [0.25, 0.3) is 0 Å². The highest BCUT2D eigenvalue weighted by Gasteiger charge is 2.26. The Kier molecular flexibility index (Phi) is 4.97. The second-order valence-corrected chi connectivity index (χ2v) is 6.13. The topological polar surface area (TPSA) is 102 Å². The normalized spacial score (nSPS) is 14.3. The number of hydrogen-bond acceptors (Lipinski definition) is 7. The number of hydrogen-bond donors (Lipinski definition) is 2. The molecule has 1 heterocycles. The van der Waals surface area contributed by atoms with Crippen LogP contribution in [-0.4, -0.2) is 28.0 Å². The first kappa shape index (κ1) is 16.9. The van der Waals surface area contributed by atoms with Gasteiger partial charge in [-0.1, -0.05) is 18.9 Å². The largest absolute Gasteiger partial charge is 0.495 e. The Morgan fingerprint density at radius 1 is 1.24 bits per heavy atom. The molecule has 25 heavy (non-hydrogen) atoms. The Hall–Kier alpha value is -2.90. The predicted molar refractivity (Wildman–Crippen MR) is 95.6 cm³/mol. The number of anilines is 3. The van der Waals surface area contributed by atoms with Gasteiger partial charge in [0, 0.05) is 6.04 Å². The summed E-state index contributed by atoms with van der Waals surface area (Å²) in [7, 11) is 1.55. The van der Waals surface area contributed by atoms with Crippen LogP contribution in [0.4, 0.5) is 23.0 Å². The number of rotatable bonds is 6. The van der Waals surface area contributed by atoms with Crippen LogP contribution in [0, 0.1) is 17.0 Å². The van der Waals surface area contributed by atoms with Gasteiger partial charge >= 0.3 is 5.69 Å². The van der Waals surface area contributed by atoms with Gasteiger partial charge in [0.15, 0.2) is 0 Å². The molecule has 8 nitrogen and oxygen atoms in total. The van der Waals surface area contributed by atoms with Crippen molar-refractivity contribution in [3.05, 3.63) is 40.2 Å². The number of ether oxygens (including phenoxy) is 1. The number of aromatic nitrogens is 2. The van der Waals surface area contributed by atoms with E-state index in [-0.39, 0.29) is 23.4 Å². The Morgan fingerprint density at radius 3 is 2.64 bits per heavy atom. The Balaban J connectivity index is 1.95. The van der Waals surface area contributed by atoms with E-state index >= 15 is 0 Å². The van der Waals surface area contributed by atoms with Crippen LogP contribution in [-0.2, 0) is 0 Å². The highest BCUT2D eigenvalue weighted by Crippen LogP contribution is 2.35. The van der Waals surface area contributed by atoms with E-state index in [9.17, 15) is 10.1 Å². The molecule has 1 aromatic heterocycles. The second kappa shape index (κ2) is 7.33. The maximum Gasteiger partial charge on any atom is 0.353 e. The number of benzene rings is 1. The quantitative estimate of drug-likeness (QED) is 0.607. The smallest absolute Gasteiger partial charge is 0.353 e. The van der Waals surface area contributed by atoms with Crippen molar-refractivity contribution in [3.63, 3.8) is 0 Å². The molecule has 0 aliphatic heterocycles. The van der Waals surface area contributed by atoms with Crippen molar-refractivity contribution in [3.8, 4) is 5.75 Å². The van der Waals surface area contributed by atoms with Gasteiger partial charge in [-0.25, -0.2) is 9.97 Å². The first-order valence-electron chi connectivity index (χ1n) is 8.26. The summed E-state index contributed by atoms with van der Waals surface area (Å²) in [6.07, 6.45) is 5.57. The minimum Gasteiger partial charge on any atom is -0.495 e. The van der Waals surface area contributed by atoms with Crippen LogP contribution in [0.2, 0.25) is 0 Å². The van der Waals surface area contributed by atoms with Gasteiger partial charge in [-0.3, -0.25) is 10.1 Å². The molecule has 2 N–H and O–H groups in total. The predicted octanol–water partition coefficient (Wildman–Crippen LogP) is 3.80. The summed E-state index contributed by atoms with van der Waals surface area (Å²) in [5, 5.41) is 17.9. The SMILES string of the molecule is COc1ccc(C)cc1Nc1ncnc(NC2CCCC2)c1[N+](=O)[O-]. The van der Waals surface area contributed by atoms with E-state index in [2.05, 4.69) is 20.6 Å². The molecule has 2 aromatic rings. The molecule has 0 bridgehead atoms. The van der Waals surface area contributed by atoms with Crippen LogP contribution in [0.3, 0.4) is 0 Å². The zero-order chi connectivity index (χ0) is 17.8. The average molecular weight is 343 g/mol. The zero-order valence-electron chi connectivity index (χ0n) is 14.3. The molecule has 3 rings (SSSR count). The number of nitrogens with zero attached hydrogens (tertiary/aromatic N) is 3.